The maximum Gasteiger partial charge on any atom is 0.242 e. The molecule has 0 unspecified atom stereocenters. The number of hydrogen-bond acceptors (Lipinski definition) is 3. The van der Waals surface area contributed by atoms with Crippen LogP contribution in [0.15, 0.2) is 54.6 Å². The Balaban J connectivity index is 1.96. The summed E-state index contributed by atoms with van der Waals surface area (Å²) in [6.07, 6.45) is 1.78. The highest BCUT2D eigenvalue weighted by Crippen LogP contribution is 2.14. The third-order valence-corrected chi connectivity index (χ3v) is 5.19. The Kier molecular flexibility index (Phi) is 9.39. The first-order chi connectivity index (χ1) is 14.4. The molecule has 0 aliphatic carbocycles. The topological polar surface area (TPSA) is 58.6 Å². The molecule has 2 rings (SSSR count). The van der Waals surface area contributed by atoms with Crippen molar-refractivity contribution in [3.05, 3.63) is 65.7 Å². The molecule has 1 N–H and O–H groups in total. The lowest BCUT2D eigenvalue weighted by Gasteiger charge is -2.29. The van der Waals surface area contributed by atoms with Crippen molar-refractivity contribution < 1.29 is 14.3 Å². The summed E-state index contributed by atoms with van der Waals surface area (Å²) in [4.78, 5) is 27.3. The average molecular weight is 411 g/mol. The van der Waals surface area contributed by atoms with Crippen molar-refractivity contribution in [3.8, 4) is 5.75 Å². The number of ether oxygens (including phenoxy) is 1. The first-order valence-electron chi connectivity index (χ1n) is 10.7. The second kappa shape index (κ2) is 12.0. The van der Waals surface area contributed by atoms with Gasteiger partial charge in [0.2, 0.25) is 11.8 Å². The van der Waals surface area contributed by atoms with Gasteiger partial charge in [-0.25, -0.2) is 0 Å². The van der Waals surface area contributed by atoms with Crippen molar-refractivity contribution in [1.29, 1.82) is 0 Å². The van der Waals surface area contributed by atoms with Gasteiger partial charge in [0.15, 0.2) is 0 Å². The molecule has 0 aliphatic rings. The molecule has 0 spiro atoms. The number of benzene rings is 2. The van der Waals surface area contributed by atoms with E-state index < -0.39 is 6.04 Å². The summed E-state index contributed by atoms with van der Waals surface area (Å²) in [5, 5.41) is 2.99. The molecule has 5 nitrogen and oxygen atoms in total. The molecule has 0 saturated carbocycles. The standard InChI is InChI=1S/C25H34N2O3/c1-5-20(3)26-25(29)21(4)27(18-22-10-7-6-8-11-22)24(28)12-9-17-30-23-15-13-19(2)14-16-23/h6-8,10-11,13-16,20-21H,5,9,12,17-18H2,1-4H3,(H,26,29)/t20-,21-/m1/s1. The number of carbonyl (C=O) groups excluding carboxylic acids is 2. The Morgan fingerprint density at radius 3 is 2.33 bits per heavy atom. The molecule has 0 bridgehead atoms. The lowest BCUT2D eigenvalue weighted by molar-refractivity contribution is -0.141. The second-order valence-corrected chi connectivity index (χ2v) is 7.77. The minimum absolute atomic E-state index is 0.0434. The summed E-state index contributed by atoms with van der Waals surface area (Å²) in [6.45, 7) is 8.69. The monoisotopic (exact) mass is 410 g/mol. The van der Waals surface area contributed by atoms with Crippen molar-refractivity contribution in [2.45, 2.75) is 65.6 Å². The van der Waals surface area contributed by atoms with Gasteiger partial charge in [-0.15, -0.1) is 0 Å². The summed E-state index contributed by atoms with van der Waals surface area (Å²) in [6, 6.07) is 17.2. The molecule has 2 atom stereocenters. The van der Waals surface area contributed by atoms with E-state index >= 15 is 0 Å². The molecule has 0 fully saturated rings. The molecule has 0 saturated heterocycles. The van der Waals surface area contributed by atoms with Gasteiger partial charge in [-0.3, -0.25) is 9.59 Å². The summed E-state index contributed by atoms with van der Waals surface area (Å²) >= 11 is 0. The van der Waals surface area contributed by atoms with E-state index in [2.05, 4.69) is 5.32 Å². The Morgan fingerprint density at radius 2 is 1.70 bits per heavy atom. The highest BCUT2D eigenvalue weighted by molar-refractivity contribution is 5.87. The van der Waals surface area contributed by atoms with E-state index in [-0.39, 0.29) is 17.9 Å². The number of hydrogen-bond donors (Lipinski definition) is 1. The fourth-order valence-electron chi connectivity index (χ4n) is 3.02. The number of rotatable bonds is 11. The van der Waals surface area contributed by atoms with Gasteiger partial charge in [0.05, 0.1) is 6.61 Å². The molecule has 0 aromatic heterocycles. The average Bonchev–Trinajstić information content (AvgIpc) is 2.76. The second-order valence-electron chi connectivity index (χ2n) is 7.77. The number of amides is 2. The minimum Gasteiger partial charge on any atom is -0.494 e. The van der Waals surface area contributed by atoms with Gasteiger partial charge in [0.1, 0.15) is 11.8 Å². The smallest absolute Gasteiger partial charge is 0.242 e. The van der Waals surface area contributed by atoms with Crippen LogP contribution in [0.5, 0.6) is 5.75 Å². The third kappa shape index (κ3) is 7.54. The van der Waals surface area contributed by atoms with Gasteiger partial charge in [0.25, 0.3) is 0 Å². The Labute approximate surface area is 180 Å². The van der Waals surface area contributed by atoms with E-state index in [1.165, 1.54) is 5.56 Å². The van der Waals surface area contributed by atoms with E-state index in [1.54, 1.807) is 11.8 Å². The van der Waals surface area contributed by atoms with Crippen molar-refractivity contribution in [2.75, 3.05) is 6.61 Å². The zero-order valence-corrected chi connectivity index (χ0v) is 18.6. The van der Waals surface area contributed by atoms with Crippen molar-refractivity contribution in [1.82, 2.24) is 10.2 Å². The van der Waals surface area contributed by atoms with Crippen LogP contribution in [0.3, 0.4) is 0 Å². The summed E-state index contributed by atoms with van der Waals surface area (Å²) in [5.41, 5.74) is 2.18. The first kappa shape index (κ1) is 23.5. The Hall–Kier alpha value is -2.82. The largest absolute Gasteiger partial charge is 0.494 e. The third-order valence-electron chi connectivity index (χ3n) is 5.19. The van der Waals surface area contributed by atoms with Crippen LogP contribution >= 0.6 is 0 Å². The molecular formula is C25H34N2O3. The van der Waals surface area contributed by atoms with Crippen LogP contribution in [0.2, 0.25) is 0 Å². The lowest BCUT2D eigenvalue weighted by Crippen LogP contribution is -2.49. The van der Waals surface area contributed by atoms with Crippen LogP contribution in [0.1, 0.15) is 51.2 Å². The summed E-state index contributed by atoms with van der Waals surface area (Å²) in [5.74, 6) is 0.637. The normalized spacial score (nSPS) is 12.7. The predicted molar refractivity (Wildman–Crippen MR) is 120 cm³/mol. The molecule has 2 aromatic carbocycles. The van der Waals surface area contributed by atoms with Gasteiger partial charge in [-0.1, -0.05) is 55.0 Å². The maximum absolute atomic E-state index is 13.0. The minimum atomic E-state index is -0.537. The highest BCUT2D eigenvalue weighted by Gasteiger charge is 2.26. The van der Waals surface area contributed by atoms with E-state index in [0.29, 0.717) is 26.0 Å². The van der Waals surface area contributed by atoms with Crippen molar-refractivity contribution in [3.63, 3.8) is 0 Å². The van der Waals surface area contributed by atoms with E-state index in [9.17, 15) is 9.59 Å². The summed E-state index contributed by atoms with van der Waals surface area (Å²) < 4.78 is 5.73. The molecule has 0 radical (unpaired) electrons. The molecule has 2 amide bonds. The molecular weight excluding hydrogens is 376 g/mol. The van der Waals surface area contributed by atoms with Crippen LogP contribution in [0.25, 0.3) is 0 Å². The van der Waals surface area contributed by atoms with Crippen LogP contribution < -0.4 is 10.1 Å². The van der Waals surface area contributed by atoms with E-state index in [4.69, 9.17) is 4.74 Å². The number of carbonyl (C=O) groups is 2. The number of nitrogens with one attached hydrogen (secondary N) is 1. The number of aryl methyl sites for hydroxylation is 1. The molecule has 5 heteroatoms. The zero-order chi connectivity index (χ0) is 21.9. The van der Waals surface area contributed by atoms with Crippen LogP contribution in [-0.4, -0.2) is 35.4 Å². The molecule has 162 valence electrons. The van der Waals surface area contributed by atoms with E-state index in [1.807, 2.05) is 75.4 Å². The van der Waals surface area contributed by atoms with Gasteiger partial charge < -0.3 is 15.0 Å². The Bertz CT molecular complexity index is 790. The lowest BCUT2D eigenvalue weighted by atomic mass is 10.1. The van der Waals surface area contributed by atoms with Gasteiger partial charge in [-0.05, 0) is 51.3 Å². The summed E-state index contributed by atoms with van der Waals surface area (Å²) in [7, 11) is 0. The van der Waals surface area contributed by atoms with Crippen molar-refractivity contribution >= 4 is 11.8 Å². The van der Waals surface area contributed by atoms with Gasteiger partial charge in [0, 0.05) is 19.0 Å². The zero-order valence-electron chi connectivity index (χ0n) is 18.6. The van der Waals surface area contributed by atoms with E-state index in [0.717, 1.165) is 17.7 Å². The quantitative estimate of drug-likeness (QED) is 0.556. The van der Waals surface area contributed by atoms with Crippen LogP contribution in [0.4, 0.5) is 0 Å². The Morgan fingerprint density at radius 1 is 1.03 bits per heavy atom. The predicted octanol–water partition coefficient (Wildman–Crippen LogP) is 4.49. The molecule has 0 aliphatic heterocycles. The maximum atomic E-state index is 13.0. The van der Waals surface area contributed by atoms with Gasteiger partial charge in [-0.2, -0.15) is 0 Å². The molecule has 2 aromatic rings. The fraction of sp³-hybridized carbons (Fsp3) is 0.440. The van der Waals surface area contributed by atoms with Crippen LogP contribution in [0, 0.1) is 6.92 Å². The molecule has 0 heterocycles. The highest BCUT2D eigenvalue weighted by atomic mass is 16.5. The molecule has 30 heavy (non-hydrogen) atoms. The van der Waals surface area contributed by atoms with Crippen LogP contribution in [-0.2, 0) is 16.1 Å². The first-order valence-corrected chi connectivity index (χ1v) is 10.7. The van der Waals surface area contributed by atoms with Crippen molar-refractivity contribution in [2.24, 2.45) is 0 Å². The SMILES string of the molecule is CC[C@@H](C)NC(=O)[C@@H](C)N(Cc1ccccc1)C(=O)CCCOc1ccc(C)cc1. The van der Waals surface area contributed by atoms with Gasteiger partial charge >= 0.3 is 0 Å². The fourth-order valence-corrected chi connectivity index (χ4v) is 3.02. The number of nitrogens with zero attached hydrogens (tertiary/aromatic N) is 1.